The van der Waals surface area contributed by atoms with Crippen LogP contribution in [-0.2, 0) is 25.6 Å². The number of fused-ring (bicyclic) bond motifs is 1. The summed E-state index contributed by atoms with van der Waals surface area (Å²) in [6, 6.07) is 11.1. The third-order valence-corrected chi connectivity index (χ3v) is 7.82. The molecule has 0 saturated heterocycles. The maximum absolute atomic E-state index is 13.5. The van der Waals surface area contributed by atoms with Gasteiger partial charge in [-0.1, -0.05) is 24.3 Å². The number of carbonyl (C=O) groups is 4. The minimum Gasteiger partial charge on any atom is -0.507 e. The topological polar surface area (TPSA) is 162 Å². The molecule has 0 bridgehead atoms. The van der Waals surface area contributed by atoms with Crippen LogP contribution in [0.4, 0.5) is 0 Å². The summed E-state index contributed by atoms with van der Waals surface area (Å²) in [7, 11) is 2.75. The number of amides is 1. The van der Waals surface area contributed by atoms with Gasteiger partial charge in [0.25, 0.3) is 0 Å². The Morgan fingerprint density at radius 1 is 1.04 bits per heavy atom. The van der Waals surface area contributed by atoms with E-state index >= 15 is 0 Å². The predicted molar refractivity (Wildman–Crippen MR) is 168 cm³/mol. The van der Waals surface area contributed by atoms with Crippen molar-refractivity contribution in [2.24, 2.45) is 0 Å². The van der Waals surface area contributed by atoms with Crippen LogP contribution in [0.3, 0.4) is 0 Å². The number of cyclic esters (lactones) is 1. The van der Waals surface area contributed by atoms with Gasteiger partial charge in [-0.3, -0.25) is 9.59 Å². The zero-order chi connectivity index (χ0) is 33.2. The summed E-state index contributed by atoms with van der Waals surface area (Å²) in [5, 5.41) is 25.7. The second kappa shape index (κ2) is 15.8. The number of aromatic hydroxyl groups is 2. The molecule has 46 heavy (non-hydrogen) atoms. The third kappa shape index (κ3) is 8.56. The van der Waals surface area contributed by atoms with Crippen LogP contribution in [0.2, 0.25) is 0 Å². The minimum atomic E-state index is -0.897. The van der Waals surface area contributed by atoms with Gasteiger partial charge in [0.15, 0.2) is 0 Å². The zero-order valence-corrected chi connectivity index (χ0v) is 26.2. The molecule has 2 atom stereocenters. The average molecular weight is 634 g/mol. The highest BCUT2D eigenvalue weighted by molar-refractivity contribution is 5.98. The van der Waals surface area contributed by atoms with Gasteiger partial charge < -0.3 is 34.2 Å². The first kappa shape index (κ1) is 33.8. The number of benzene rings is 2. The summed E-state index contributed by atoms with van der Waals surface area (Å²) in [5.41, 5.74) is 0.662. The Hall–Kier alpha value is -5.06. The number of carbonyl (C=O) groups excluding carboxylic acids is 4. The van der Waals surface area contributed by atoms with Gasteiger partial charge in [-0.05, 0) is 74.1 Å². The van der Waals surface area contributed by atoms with E-state index in [0.717, 1.165) is 0 Å². The van der Waals surface area contributed by atoms with E-state index < -0.39 is 35.6 Å². The molecule has 0 fully saturated rings. The van der Waals surface area contributed by atoms with Crippen molar-refractivity contribution in [3.63, 3.8) is 0 Å². The third-order valence-electron chi connectivity index (χ3n) is 7.82. The van der Waals surface area contributed by atoms with Crippen LogP contribution >= 0.6 is 0 Å². The highest BCUT2D eigenvalue weighted by Crippen LogP contribution is 2.44. The zero-order valence-electron chi connectivity index (χ0n) is 26.2. The molecule has 1 aliphatic heterocycles. The van der Waals surface area contributed by atoms with Crippen molar-refractivity contribution >= 4 is 29.7 Å². The first-order valence-corrected chi connectivity index (χ1v) is 15.2. The van der Waals surface area contributed by atoms with Crippen LogP contribution in [-0.4, -0.2) is 54.2 Å². The molecule has 0 aliphatic carbocycles. The highest BCUT2D eigenvalue weighted by Gasteiger charge is 2.31. The molecule has 11 heteroatoms. The summed E-state index contributed by atoms with van der Waals surface area (Å²) in [5.74, 6) is -2.57. The van der Waals surface area contributed by atoms with Gasteiger partial charge in [0.1, 0.15) is 34.4 Å². The van der Waals surface area contributed by atoms with E-state index in [9.17, 15) is 29.4 Å². The number of phenolic OH excluding ortho intramolecular Hbond substituents is 2. The lowest BCUT2D eigenvalue weighted by molar-refractivity contribution is -0.121. The number of ketones is 1. The Labute approximate surface area is 267 Å². The number of furan rings is 1. The molecular formula is C35H39NO10. The van der Waals surface area contributed by atoms with Gasteiger partial charge in [-0.25, -0.2) is 9.59 Å². The Kier molecular flexibility index (Phi) is 11.6. The number of nitrogens with one attached hydrogen (secondary N) is 1. The molecule has 3 N–H and O–H groups in total. The average Bonchev–Trinajstić information content (AvgIpc) is 3.51. The molecule has 4 rings (SSSR count). The second-order valence-electron chi connectivity index (χ2n) is 11.1. The Morgan fingerprint density at radius 2 is 1.78 bits per heavy atom. The summed E-state index contributed by atoms with van der Waals surface area (Å²) >= 11 is 0. The fourth-order valence-electron chi connectivity index (χ4n) is 5.37. The van der Waals surface area contributed by atoms with E-state index in [-0.39, 0.29) is 46.9 Å². The first-order chi connectivity index (χ1) is 22.1. The van der Waals surface area contributed by atoms with Gasteiger partial charge >= 0.3 is 11.9 Å². The van der Waals surface area contributed by atoms with Crippen molar-refractivity contribution in [1.82, 2.24) is 5.32 Å². The van der Waals surface area contributed by atoms with Crippen molar-refractivity contribution in [3.8, 4) is 17.2 Å². The van der Waals surface area contributed by atoms with E-state index in [1.807, 2.05) is 0 Å². The van der Waals surface area contributed by atoms with E-state index in [4.69, 9.17) is 13.9 Å². The van der Waals surface area contributed by atoms with Gasteiger partial charge in [-0.2, -0.15) is 0 Å². The lowest BCUT2D eigenvalue weighted by atomic mass is 9.84. The molecule has 0 radical (unpaired) electrons. The van der Waals surface area contributed by atoms with E-state index in [1.54, 1.807) is 43.3 Å². The number of allylic oxidation sites excluding steroid dienone is 1. The fourth-order valence-corrected chi connectivity index (χ4v) is 5.37. The van der Waals surface area contributed by atoms with Gasteiger partial charge in [0.2, 0.25) is 11.7 Å². The monoisotopic (exact) mass is 633 g/mol. The van der Waals surface area contributed by atoms with Gasteiger partial charge in [0.05, 0.1) is 26.9 Å². The minimum absolute atomic E-state index is 0.00812. The maximum atomic E-state index is 13.5. The lowest BCUT2D eigenvalue weighted by Gasteiger charge is -2.23. The van der Waals surface area contributed by atoms with Crippen molar-refractivity contribution in [3.05, 3.63) is 82.3 Å². The van der Waals surface area contributed by atoms with Crippen molar-refractivity contribution in [2.75, 3.05) is 14.2 Å². The molecule has 3 aromatic rings. The van der Waals surface area contributed by atoms with Crippen molar-refractivity contribution in [2.45, 2.75) is 70.4 Å². The van der Waals surface area contributed by atoms with Crippen LogP contribution in [0.5, 0.6) is 17.2 Å². The molecule has 11 nitrogen and oxygen atoms in total. The normalized spacial score (nSPS) is 16.5. The number of ether oxygens (including phenoxy) is 3. The smallest absolute Gasteiger partial charge is 0.373 e. The molecule has 0 spiro atoms. The largest absolute Gasteiger partial charge is 0.507 e. The van der Waals surface area contributed by atoms with E-state index in [2.05, 4.69) is 10.1 Å². The number of Topliss-reactive ketones (excluding diaryl/α,β-unsaturated/α-hetero) is 1. The van der Waals surface area contributed by atoms with Crippen molar-refractivity contribution < 1.29 is 48.0 Å². The van der Waals surface area contributed by atoms with Crippen LogP contribution < -0.4 is 10.1 Å². The molecule has 1 amide bonds. The predicted octanol–water partition coefficient (Wildman–Crippen LogP) is 5.81. The van der Waals surface area contributed by atoms with Crippen LogP contribution in [0.1, 0.15) is 101 Å². The summed E-state index contributed by atoms with van der Waals surface area (Å²) < 4.78 is 21.0. The first-order valence-electron chi connectivity index (χ1n) is 15.2. The number of phenols is 2. The summed E-state index contributed by atoms with van der Waals surface area (Å²) in [6.45, 7) is 1.69. The molecule has 2 unspecified atom stereocenters. The van der Waals surface area contributed by atoms with E-state index in [0.29, 0.717) is 55.6 Å². The molecule has 1 aromatic heterocycles. The lowest BCUT2D eigenvalue weighted by Crippen LogP contribution is -2.25. The molecule has 1 aliphatic rings. The Bertz CT molecular complexity index is 1590. The Morgan fingerprint density at radius 3 is 2.50 bits per heavy atom. The maximum Gasteiger partial charge on any atom is 0.373 e. The van der Waals surface area contributed by atoms with Crippen LogP contribution in [0.15, 0.2) is 53.0 Å². The molecule has 244 valence electrons. The Balaban J connectivity index is 1.71. The fraction of sp³-hybridized carbons (Fsp3) is 0.371. The summed E-state index contributed by atoms with van der Waals surface area (Å²) in [6.07, 6.45) is 5.72. The number of hydrogen-bond acceptors (Lipinski definition) is 10. The van der Waals surface area contributed by atoms with Crippen LogP contribution in [0, 0.1) is 0 Å². The summed E-state index contributed by atoms with van der Waals surface area (Å²) in [4.78, 5) is 50.7. The molecular weight excluding hydrogens is 594 g/mol. The van der Waals surface area contributed by atoms with E-state index in [1.165, 1.54) is 32.4 Å². The molecule has 0 saturated carbocycles. The number of esters is 2. The second-order valence-corrected chi connectivity index (χ2v) is 11.1. The number of rotatable bonds is 8. The SMILES string of the molecule is COC(=O)c1ccc(CNC(=O)CC(c2ccc(OC)cc2)c2c(O)cc3c(c2O)C(=O)OC(C)CCCC(=O)CCCC=C3)o1. The van der Waals surface area contributed by atoms with Crippen molar-refractivity contribution in [1.29, 1.82) is 0 Å². The number of hydrogen-bond donors (Lipinski definition) is 3. The standard InChI is InChI=1S/C35H39NO10/c1-21-8-7-11-24(37)10-6-4-5-9-23-18-28(38)32(33(40)31(23)35(42)45-21)27(22-12-14-25(43-2)15-13-22)19-30(39)36-20-26-16-17-29(46-26)34(41)44-3/h5,9,12-18,21,27,38,40H,4,6-8,10-11,19-20H2,1-3H3,(H,36,39). The van der Waals surface area contributed by atoms with Gasteiger partial charge in [-0.15, -0.1) is 0 Å². The van der Waals surface area contributed by atoms with Crippen LogP contribution in [0.25, 0.3) is 6.08 Å². The highest BCUT2D eigenvalue weighted by atomic mass is 16.5. The molecule has 2 aromatic carbocycles. The molecule has 2 heterocycles. The number of methoxy groups -OCH3 is 2. The van der Waals surface area contributed by atoms with Gasteiger partial charge in [0, 0.05) is 30.7 Å². The quantitative estimate of drug-likeness (QED) is 0.258.